The third kappa shape index (κ3) is 3.62. The molecule has 1 aromatic carbocycles. The molecule has 0 bridgehead atoms. The predicted molar refractivity (Wildman–Crippen MR) is 81.5 cm³/mol. The second-order valence-electron chi connectivity index (χ2n) is 3.93. The van der Waals surface area contributed by atoms with Crippen LogP contribution < -0.4 is 0 Å². The molecule has 0 aliphatic heterocycles. The minimum atomic E-state index is -3.82. The molecule has 0 spiro atoms. The molecule has 1 rings (SSSR count). The van der Waals surface area contributed by atoms with E-state index in [1.807, 2.05) is 0 Å². The Morgan fingerprint density at radius 3 is 2.15 bits per heavy atom. The third-order valence-electron chi connectivity index (χ3n) is 2.55. The third-order valence-corrected chi connectivity index (χ3v) is 5.20. The van der Waals surface area contributed by atoms with Crippen LogP contribution in [0.25, 0.3) is 0 Å². The molecule has 1 N–H and O–H groups in total. The molecule has 20 heavy (non-hydrogen) atoms. The SMILES string of the molecule is C=CCN(CC=C)S(=O)(=O)c1cc(CO)c(Cl)cc1Cl. The number of aliphatic hydroxyl groups excluding tert-OH is 1. The second kappa shape index (κ2) is 7.24. The zero-order valence-corrected chi connectivity index (χ0v) is 13.0. The van der Waals surface area contributed by atoms with Crippen molar-refractivity contribution in [2.24, 2.45) is 0 Å². The normalized spacial score (nSPS) is 11.6. The molecule has 0 fully saturated rings. The van der Waals surface area contributed by atoms with Gasteiger partial charge in [0.25, 0.3) is 0 Å². The van der Waals surface area contributed by atoms with Gasteiger partial charge in [0.15, 0.2) is 0 Å². The van der Waals surface area contributed by atoms with Gasteiger partial charge in [-0.2, -0.15) is 4.31 Å². The Bertz CT molecular complexity index is 604. The van der Waals surface area contributed by atoms with E-state index in [1.165, 1.54) is 28.6 Å². The highest BCUT2D eigenvalue weighted by atomic mass is 35.5. The van der Waals surface area contributed by atoms with Gasteiger partial charge in [-0.15, -0.1) is 13.2 Å². The summed E-state index contributed by atoms with van der Waals surface area (Å²) in [7, 11) is -3.82. The number of sulfonamides is 1. The fourth-order valence-electron chi connectivity index (χ4n) is 1.59. The molecule has 110 valence electrons. The molecule has 0 atom stereocenters. The van der Waals surface area contributed by atoms with Gasteiger partial charge in [-0.25, -0.2) is 8.42 Å². The van der Waals surface area contributed by atoms with Gasteiger partial charge >= 0.3 is 0 Å². The monoisotopic (exact) mass is 335 g/mol. The zero-order chi connectivity index (χ0) is 15.3. The summed E-state index contributed by atoms with van der Waals surface area (Å²) in [5.41, 5.74) is 0.298. The molecular weight excluding hydrogens is 321 g/mol. The van der Waals surface area contributed by atoms with Crippen molar-refractivity contribution in [1.29, 1.82) is 0 Å². The Balaban J connectivity index is 3.39. The molecule has 4 nitrogen and oxygen atoms in total. The summed E-state index contributed by atoms with van der Waals surface area (Å²) in [4.78, 5) is -0.101. The maximum Gasteiger partial charge on any atom is 0.245 e. The zero-order valence-electron chi connectivity index (χ0n) is 10.7. The average molecular weight is 336 g/mol. The van der Waals surface area contributed by atoms with E-state index in [0.29, 0.717) is 5.56 Å². The van der Waals surface area contributed by atoms with Gasteiger partial charge in [0.1, 0.15) is 4.90 Å². The Morgan fingerprint density at radius 2 is 1.70 bits per heavy atom. The van der Waals surface area contributed by atoms with Crippen LogP contribution >= 0.6 is 23.2 Å². The number of hydrogen-bond donors (Lipinski definition) is 1. The van der Waals surface area contributed by atoms with Crippen LogP contribution in [0.2, 0.25) is 10.0 Å². The maximum atomic E-state index is 12.5. The molecule has 0 saturated heterocycles. The lowest BCUT2D eigenvalue weighted by Gasteiger charge is -2.20. The second-order valence-corrected chi connectivity index (χ2v) is 6.65. The minimum Gasteiger partial charge on any atom is -0.392 e. The van der Waals surface area contributed by atoms with Crippen molar-refractivity contribution in [3.05, 3.63) is 53.1 Å². The average Bonchev–Trinajstić information content (AvgIpc) is 2.38. The molecule has 0 aliphatic carbocycles. The van der Waals surface area contributed by atoms with E-state index in [1.54, 1.807) is 0 Å². The Hall–Kier alpha value is -0.850. The van der Waals surface area contributed by atoms with E-state index in [0.717, 1.165) is 0 Å². The first-order valence-corrected chi connectivity index (χ1v) is 7.88. The summed E-state index contributed by atoms with van der Waals surface area (Å²) in [6.07, 6.45) is 2.94. The number of benzene rings is 1. The van der Waals surface area contributed by atoms with Crippen molar-refractivity contribution in [1.82, 2.24) is 4.31 Å². The standard InChI is InChI=1S/C13H15Cl2NO3S/c1-3-5-16(6-4-2)20(18,19)13-7-10(9-17)11(14)8-12(13)15/h3-4,7-8,17H,1-2,5-6,9H2. The van der Waals surface area contributed by atoms with Crippen molar-refractivity contribution < 1.29 is 13.5 Å². The molecule has 0 amide bonds. The van der Waals surface area contributed by atoms with Crippen LogP contribution in [0.5, 0.6) is 0 Å². The molecule has 0 heterocycles. The van der Waals surface area contributed by atoms with Gasteiger partial charge in [0.2, 0.25) is 10.0 Å². The fourth-order valence-corrected chi connectivity index (χ4v) is 3.80. The largest absolute Gasteiger partial charge is 0.392 e. The molecule has 1 aromatic rings. The molecular formula is C13H15Cl2NO3S. The summed E-state index contributed by atoms with van der Waals surface area (Å²) in [5.74, 6) is 0. The van der Waals surface area contributed by atoms with Gasteiger partial charge in [0, 0.05) is 18.1 Å². The van der Waals surface area contributed by atoms with Gasteiger partial charge in [-0.1, -0.05) is 35.4 Å². The maximum absolute atomic E-state index is 12.5. The Morgan fingerprint density at radius 1 is 1.15 bits per heavy atom. The van der Waals surface area contributed by atoms with Crippen molar-refractivity contribution >= 4 is 33.2 Å². The van der Waals surface area contributed by atoms with Crippen LogP contribution in [-0.4, -0.2) is 30.9 Å². The van der Waals surface area contributed by atoms with Crippen LogP contribution in [0.1, 0.15) is 5.56 Å². The first-order chi connectivity index (χ1) is 9.38. The Kier molecular flexibility index (Phi) is 6.23. The smallest absolute Gasteiger partial charge is 0.245 e. The summed E-state index contributed by atoms with van der Waals surface area (Å²) in [5, 5.41) is 9.40. The minimum absolute atomic E-state index is 0.00493. The lowest BCUT2D eigenvalue weighted by atomic mass is 10.2. The first-order valence-electron chi connectivity index (χ1n) is 5.69. The number of nitrogens with zero attached hydrogens (tertiary/aromatic N) is 1. The van der Waals surface area contributed by atoms with Crippen molar-refractivity contribution in [2.75, 3.05) is 13.1 Å². The highest BCUT2D eigenvalue weighted by molar-refractivity contribution is 7.89. The number of hydrogen-bond acceptors (Lipinski definition) is 3. The van der Waals surface area contributed by atoms with Crippen LogP contribution in [0.3, 0.4) is 0 Å². The highest BCUT2D eigenvalue weighted by Gasteiger charge is 2.26. The predicted octanol–water partition coefficient (Wildman–Crippen LogP) is 2.85. The number of rotatable bonds is 7. The number of aliphatic hydroxyl groups is 1. The van der Waals surface area contributed by atoms with E-state index in [9.17, 15) is 13.5 Å². The lowest BCUT2D eigenvalue weighted by molar-refractivity contribution is 0.281. The highest BCUT2D eigenvalue weighted by Crippen LogP contribution is 2.30. The van der Waals surface area contributed by atoms with Gasteiger partial charge < -0.3 is 5.11 Å². The Labute approximate surface area is 129 Å². The molecule has 0 aliphatic rings. The first kappa shape index (κ1) is 17.2. The van der Waals surface area contributed by atoms with Gasteiger partial charge in [-0.05, 0) is 17.7 Å². The summed E-state index contributed by atoms with van der Waals surface area (Å²) >= 11 is 11.8. The van der Waals surface area contributed by atoms with Gasteiger partial charge in [0.05, 0.1) is 11.6 Å². The van der Waals surface area contributed by atoms with E-state index in [-0.39, 0.29) is 34.6 Å². The molecule has 7 heteroatoms. The van der Waals surface area contributed by atoms with Crippen LogP contribution in [0.15, 0.2) is 42.3 Å². The topological polar surface area (TPSA) is 57.6 Å². The lowest BCUT2D eigenvalue weighted by Crippen LogP contribution is -2.31. The molecule has 0 radical (unpaired) electrons. The molecule has 0 aromatic heterocycles. The van der Waals surface area contributed by atoms with Crippen molar-refractivity contribution in [3.8, 4) is 0 Å². The summed E-state index contributed by atoms with van der Waals surface area (Å²) in [6.45, 7) is 6.93. The van der Waals surface area contributed by atoms with E-state index in [2.05, 4.69) is 13.2 Å². The van der Waals surface area contributed by atoms with Gasteiger partial charge in [-0.3, -0.25) is 0 Å². The quantitative estimate of drug-likeness (QED) is 0.779. The van der Waals surface area contributed by atoms with E-state index < -0.39 is 10.0 Å². The van der Waals surface area contributed by atoms with Crippen LogP contribution in [0, 0.1) is 0 Å². The van der Waals surface area contributed by atoms with Crippen molar-refractivity contribution in [2.45, 2.75) is 11.5 Å². The van der Waals surface area contributed by atoms with Crippen molar-refractivity contribution in [3.63, 3.8) is 0 Å². The summed E-state index contributed by atoms with van der Waals surface area (Å²) < 4.78 is 26.2. The molecule has 0 saturated carbocycles. The van der Waals surface area contributed by atoms with E-state index >= 15 is 0 Å². The van der Waals surface area contributed by atoms with Crippen LogP contribution in [0.4, 0.5) is 0 Å². The number of halogens is 2. The van der Waals surface area contributed by atoms with E-state index in [4.69, 9.17) is 23.2 Å². The summed E-state index contributed by atoms with van der Waals surface area (Å²) in [6, 6.07) is 2.58. The molecule has 0 unspecified atom stereocenters. The fraction of sp³-hybridized carbons (Fsp3) is 0.231. The van der Waals surface area contributed by atoms with Crippen LogP contribution in [-0.2, 0) is 16.6 Å².